The zero-order valence-corrected chi connectivity index (χ0v) is 13.3. The minimum absolute atomic E-state index is 0.193. The molecule has 0 aliphatic heterocycles. The Morgan fingerprint density at radius 3 is 2.27 bits per heavy atom. The van der Waals surface area contributed by atoms with E-state index in [1.165, 1.54) is 12.1 Å². The van der Waals surface area contributed by atoms with E-state index in [1.54, 1.807) is 30.3 Å². The van der Waals surface area contributed by atoms with Crippen LogP contribution in [0.25, 0.3) is 0 Å². The van der Waals surface area contributed by atoms with Gasteiger partial charge in [-0.2, -0.15) is 0 Å². The molecule has 1 aromatic heterocycles. The minimum Gasteiger partial charge on any atom is -0.369 e. The highest BCUT2D eigenvalue weighted by Gasteiger charge is 2.14. The molecular formula is C15H20N4O2S. The highest BCUT2D eigenvalue weighted by Crippen LogP contribution is 2.14. The van der Waals surface area contributed by atoms with Crippen LogP contribution in [-0.4, -0.2) is 25.2 Å². The maximum atomic E-state index is 12.1. The van der Waals surface area contributed by atoms with Gasteiger partial charge in [-0.25, -0.2) is 8.42 Å². The summed E-state index contributed by atoms with van der Waals surface area (Å²) < 4.78 is 26.7. The standard InChI is InChI=1S/C15H20N4O2S/c1-2-3-7-12-16-14-10-11-15(18-17-14)19-22(20,21)13-8-5-4-6-9-13/h4-6,8-11H,2-3,7,12H2,1H3,(H,16,17)(H,18,19). The molecule has 0 saturated carbocycles. The molecule has 0 saturated heterocycles. The van der Waals surface area contributed by atoms with E-state index in [-0.39, 0.29) is 10.7 Å². The molecule has 1 heterocycles. The molecule has 0 spiro atoms. The molecule has 0 fully saturated rings. The molecule has 0 bridgehead atoms. The number of hydrogen-bond donors (Lipinski definition) is 2. The molecule has 1 aromatic carbocycles. The third-order valence-electron chi connectivity index (χ3n) is 3.04. The van der Waals surface area contributed by atoms with E-state index in [4.69, 9.17) is 0 Å². The molecular weight excluding hydrogens is 300 g/mol. The van der Waals surface area contributed by atoms with Crippen molar-refractivity contribution in [3.05, 3.63) is 42.5 Å². The van der Waals surface area contributed by atoms with Crippen LogP contribution in [0.5, 0.6) is 0 Å². The fraction of sp³-hybridized carbons (Fsp3) is 0.333. The third kappa shape index (κ3) is 4.70. The molecule has 0 radical (unpaired) electrons. The predicted molar refractivity (Wildman–Crippen MR) is 87.3 cm³/mol. The summed E-state index contributed by atoms with van der Waals surface area (Å²) in [6, 6.07) is 11.5. The molecule has 118 valence electrons. The maximum Gasteiger partial charge on any atom is 0.263 e. The van der Waals surface area contributed by atoms with Gasteiger partial charge in [0, 0.05) is 6.54 Å². The first kappa shape index (κ1) is 16.2. The van der Waals surface area contributed by atoms with E-state index in [1.807, 2.05) is 0 Å². The molecule has 7 heteroatoms. The Hall–Kier alpha value is -2.15. The fourth-order valence-corrected chi connectivity index (χ4v) is 2.89. The van der Waals surface area contributed by atoms with Crippen LogP contribution >= 0.6 is 0 Å². The van der Waals surface area contributed by atoms with Crippen molar-refractivity contribution in [2.75, 3.05) is 16.6 Å². The number of unbranched alkanes of at least 4 members (excludes halogenated alkanes) is 2. The van der Waals surface area contributed by atoms with Crippen molar-refractivity contribution in [3.63, 3.8) is 0 Å². The zero-order chi connectivity index (χ0) is 15.8. The second-order valence-electron chi connectivity index (χ2n) is 4.86. The molecule has 0 unspecified atom stereocenters. The lowest BCUT2D eigenvalue weighted by Crippen LogP contribution is -2.14. The van der Waals surface area contributed by atoms with Crippen molar-refractivity contribution < 1.29 is 8.42 Å². The lowest BCUT2D eigenvalue weighted by molar-refractivity contribution is 0.601. The lowest BCUT2D eigenvalue weighted by Gasteiger charge is -2.08. The van der Waals surface area contributed by atoms with Crippen LogP contribution < -0.4 is 10.0 Å². The van der Waals surface area contributed by atoms with Crippen LogP contribution in [0.4, 0.5) is 11.6 Å². The Kier molecular flexibility index (Phi) is 5.71. The average molecular weight is 320 g/mol. The molecule has 2 rings (SSSR count). The minimum atomic E-state index is -3.62. The van der Waals surface area contributed by atoms with Crippen molar-refractivity contribution in [1.82, 2.24) is 10.2 Å². The predicted octanol–water partition coefficient (Wildman–Crippen LogP) is 2.88. The number of hydrogen-bond acceptors (Lipinski definition) is 5. The summed E-state index contributed by atoms with van der Waals surface area (Å²) in [5.74, 6) is 0.835. The number of rotatable bonds is 8. The Labute approximate surface area is 131 Å². The van der Waals surface area contributed by atoms with Crippen molar-refractivity contribution >= 4 is 21.7 Å². The second-order valence-corrected chi connectivity index (χ2v) is 6.54. The van der Waals surface area contributed by atoms with E-state index in [9.17, 15) is 8.42 Å². The van der Waals surface area contributed by atoms with Crippen LogP contribution in [-0.2, 0) is 10.0 Å². The van der Waals surface area contributed by atoms with Gasteiger partial charge >= 0.3 is 0 Å². The largest absolute Gasteiger partial charge is 0.369 e. The van der Waals surface area contributed by atoms with E-state index in [2.05, 4.69) is 27.2 Å². The molecule has 6 nitrogen and oxygen atoms in total. The van der Waals surface area contributed by atoms with Gasteiger partial charge in [-0.3, -0.25) is 4.72 Å². The highest BCUT2D eigenvalue weighted by atomic mass is 32.2. The number of sulfonamides is 1. The Morgan fingerprint density at radius 2 is 1.64 bits per heavy atom. The van der Waals surface area contributed by atoms with Gasteiger partial charge in [-0.05, 0) is 30.7 Å². The summed E-state index contributed by atoms with van der Waals surface area (Å²) in [7, 11) is -3.62. The van der Waals surface area contributed by atoms with Crippen LogP contribution in [0.2, 0.25) is 0 Å². The van der Waals surface area contributed by atoms with Gasteiger partial charge in [-0.1, -0.05) is 38.0 Å². The first-order valence-corrected chi connectivity index (χ1v) is 8.75. The van der Waals surface area contributed by atoms with Crippen molar-refractivity contribution in [1.29, 1.82) is 0 Å². The zero-order valence-electron chi connectivity index (χ0n) is 12.5. The molecule has 0 amide bonds. The Morgan fingerprint density at radius 1 is 0.955 bits per heavy atom. The number of nitrogens with one attached hydrogen (secondary N) is 2. The van der Waals surface area contributed by atoms with E-state index in [0.717, 1.165) is 25.8 Å². The average Bonchev–Trinajstić information content (AvgIpc) is 2.54. The summed E-state index contributed by atoms with van der Waals surface area (Å²) in [5.41, 5.74) is 0. The summed E-state index contributed by atoms with van der Waals surface area (Å²) >= 11 is 0. The van der Waals surface area contributed by atoms with E-state index < -0.39 is 10.0 Å². The monoisotopic (exact) mass is 320 g/mol. The summed E-state index contributed by atoms with van der Waals surface area (Å²) in [4.78, 5) is 0.193. The highest BCUT2D eigenvalue weighted by molar-refractivity contribution is 7.92. The first-order valence-electron chi connectivity index (χ1n) is 7.27. The number of anilines is 2. The molecule has 0 atom stereocenters. The first-order chi connectivity index (χ1) is 10.6. The summed E-state index contributed by atoms with van der Waals surface area (Å²) in [6.45, 7) is 2.98. The van der Waals surface area contributed by atoms with Crippen molar-refractivity contribution in [2.45, 2.75) is 31.1 Å². The number of benzene rings is 1. The second kappa shape index (κ2) is 7.74. The molecule has 2 N–H and O–H groups in total. The SMILES string of the molecule is CCCCCNc1ccc(NS(=O)(=O)c2ccccc2)nn1. The van der Waals surface area contributed by atoms with E-state index >= 15 is 0 Å². The quantitative estimate of drug-likeness (QED) is 0.731. The maximum absolute atomic E-state index is 12.1. The normalized spacial score (nSPS) is 11.1. The van der Waals surface area contributed by atoms with Gasteiger partial charge in [-0.15, -0.1) is 10.2 Å². The van der Waals surface area contributed by atoms with Crippen LogP contribution in [0.1, 0.15) is 26.2 Å². The Bertz CT molecular complexity index is 672. The van der Waals surface area contributed by atoms with Gasteiger partial charge in [0.05, 0.1) is 4.90 Å². The lowest BCUT2D eigenvalue weighted by atomic mass is 10.2. The third-order valence-corrected chi connectivity index (χ3v) is 4.41. The van der Waals surface area contributed by atoms with Crippen LogP contribution in [0, 0.1) is 0 Å². The number of nitrogens with zero attached hydrogens (tertiary/aromatic N) is 2. The van der Waals surface area contributed by atoms with Crippen LogP contribution in [0.15, 0.2) is 47.4 Å². The van der Waals surface area contributed by atoms with Crippen LogP contribution in [0.3, 0.4) is 0 Å². The molecule has 0 aliphatic carbocycles. The topological polar surface area (TPSA) is 84.0 Å². The molecule has 22 heavy (non-hydrogen) atoms. The number of aromatic nitrogens is 2. The summed E-state index contributed by atoms with van der Waals surface area (Å²) in [6.07, 6.45) is 3.39. The Balaban J connectivity index is 1.96. The van der Waals surface area contributed by atoms with E-state index in [0.29, 0.717) is 5.82 Å². The van der Waals surface area contributed by atoms with Gasteiger partial charge < -0.3 is 5.32 Å². The van der Waals surface area contributed by atoms with Gasteiger partial charge in [0.2, 0.25) is 0 Å². The summed E-state index contributed by atoms with van der Waals surface area (Å²) in [5, 5.41) is 11.0. The van der Waals surface area contributed by atoms with Gasteiger partial charge in [0.1, 0.15) is 5.82 Å². The van der Waals surface area contributed by atoms with Gasteiger partial charge in [0.25, 0.3) is 10.0 Å². The van der Waals surface area contributed by atoms with Crippen molar-refractivity contribution in [3.8, 4) is 0 Å². The van der Waals surface area contributed by atoms with Gasteiger partial charge in [0.15, 0.2) is 5.82 Å². The smallest absolute Gasteiger partial charge is 0.263 e. The molecule has 2 aromatic rings. The molecule has 0 aliphatic rings. The van der Waals surface area contributed by atoms with Crippen molar-refractivity contribution in [2.24, 2.45) is 0 Å². The fourth-order valence-electron chi connectivity index (χ4n) is 1.87.